The molecule has 3 unspecified atom stereocenters. The van der Waals surface area contributed by atoms with E-state index in [4.69, 9.17) is 0 Å². The molecule has 0 bridgehead atoms. The second kappa shape index (κ2) is 5.75. The standard InChI is InChI=1S/C14H15N3O6/c1-8-12(17(22)23)11(14(2,7-15-8)13(18)19)9-4-3-5-10(6-9)16(20)21/h3-6,11-12H,7H2,1-2H3,(H,18,19). The number of aliphatic carboxylic acids is 1. The number of aliphatic imine (C=N–C) groups is 1. The molecule has 9 nitrogen and oxygen atoms in total. The van der Waals surface area contributed by atoms with E-state index >= 15 is 0 Å². The lowest BCUT2D eigenvalue weighted by atomic mass is 9.67. The average Bonchev–Trinajstić information content (AvgIpc) is 2.48. The predicted octanol–water partition coefficient (Wildman–Crippen LogP) is 1.89. The fourth-order valence-electron chi connectivity index (χ4n) is 2.93. The molecule has 9 heteroatoms. The van der Waals surface area contributed by atoms with Crippen molar-refractivity contribution in [2.45, 2.75) is 25.8 Å². The first-order valence-corrected chi connectivity index (χ1v) is 6.80. The Morgan fingerprint density at radius 2 is 2.04 bits per heavy atom. The van der Waals surface area contributed by atoms with Crippen LogP contribution in [0, 0.1) is 25.6 Å². The predicted molar refractivity (Wildman–Crippen MR) is 80.3 cm³/mol. The van der Waals surface area contributed by atoms with E-state index in [-0.39, 0.29) is 23.5 Å². The van der Waals surface area contributed by atoms with Gasteiger partial charge in [-0.05, 0) is 19.4 Å². The van der Waals surface area contributed by atoms with Gasteiger partial charge in [0.2, 0.25) is 0 Å². The first kappa shape index (κ1) is 16.5. The molecule has 1 N–H and O–H groups in total. The number of nitro benzene ring substituents is 1. The molecule has 1 aromatic rings. The number of carboxylic acids is 1. The van der Waals surface area contributed by atoms with Crippen molar-refractivity contribution in [1.29, 1.82) is 0 Å². The van der Waals surface area contributed by atoms with Crippen molar-refractivity contribution in [3.8, 4) is 0 Å². The number of non-ortho nitro benzene ring substituents is 1. The van der Waals surface area contributed by atoms with Crippen molar-refractivity contribution >= 4 is 17.4 Å². The highest BCUT2D eigenvalue weighted by molar-refractivity contribution is 5.91. The zero-order chi connectivity index (χ0) is 17.4. The number of hydrogen-bond acceptors (Lipinski definition) is 6. The molecule has 1 aromatic carbocycles. The van der Waals surface area contributed by atoms with Crippen molar-refractivity contribution in [3.05, 3.63) is 50.1 Å². The minimum atomic E-state index is -1.52. The van der Waals surface area contributed by atoms with Crippen LogP contribution in [-0.4, -0.2) is 39.2 Å². The molecule has 0 spiro atoms. The molecule has 3 atom stereocenters. The summed E-state index contributed by atoms with van der Waals surface area (Å²) in [5.74, 6) is -2.27. The normalized spacial score (nSPS) is 27.1. The summed E-state index contributed by atoms with van der Waals surface area (Å²) in [6.45, 7) is 2.73. The lowest BCUT2D eigenvalue weighted by Crippen LogP contribution is -2.51. The SMILES string of the molecule is CC1=NCC(C)(C(=O)O)C(c2cccc([N+](=O)[O-])c2)C1[N+](=O)[O-]. The Bertz CT molecular complexity index is 716. The van der Waals surface area contributed by atoms with Crippen molar-refractivity contribution < 1.29 is 19.7 Å². The van der Waals surface area contributed by atoms with E-state index in [9.17, 15) is 30.1 Å². The summed E-state index contributed by atoms with van der Waals surface area (Å²) in [4.78, 5) is 36.9. The molecular weight excluding hydrogens is 306 g/mol. The third kappa shape index (κ3) is 2.77. The summed E-state index contributed by atoms with van der Waals surface area (Å²) in [6.07, 6.45) is 0. The lowest BCUT2D eigenvalue weighted by Gasteiger charge is -2.37. The number of nitrogens with zero attached hydrogens (tertiary/aromatic N) is 3. The van der Waals surface area contributed by atoms with Crippen LogP contribution >= 0.6 is 0 Å². The van der Waals surface area contributed by atoms with Gasteiger partial charge in [-0.25, -0.2) is 0 Å². The summed E-state index contributed by atoms with van der Waals surface area (Å²) < 4.78 is 0. The number of hydrogen-bond donors (Lipinski definition) is 1. The van der Waals surface area contributed by atoms with E-state index in [0.717, 1.165) is 0 Å². The van der Waals surface area contributed by atoms with Gasteiger partial charge in [-0.2, -0.15) is 0 Å². The Kier molecular flexibility index (Phi) is 4.13. The van der Waals surface area contributed by atoms with Gasteiger partial charge in [-0.15, -0.1) is 0 Å². The number of carboxylic acid groups (broad SMARTS) is 1. The van der Waals surface area contributed by atoms with Gasteiger partial charge in [0.05, 0.1) is 28.5 Å². The number of carbonyl (C=O) groups is 1. The highest BCUT2D eigenvalue weighted by Gasteiger charge is 2.54. The molecule has 122 valence electrons. The van der Waals surface area contributed by atoms with Crippen LogP contribution in [0.5, 0.6) is 0 Å². The summed E-state index contributed by atoms with van der Waals surface area (Å²) in [6, 6.07) is 3.99. The summed E-state index contributed by atoms with van der Waals surface area (Å²) >= 11 is 0. The topological polar surface area (TPSA) is 136 Å². The second-order valence-electron chi connectivity index (χ2n) is 5.74. The van der Waals surface area contributed by atoms with Gasteiger partial charge in [0, 0.05) is 17.1 Å². The molecular formula is C14H15N3O6. The molecule has 1 heterocycles. The second-order valence-corrected chi connectivity index (χ2v) is 5.74. The van der Waals surface area contributed by atoms with E-state index in [2.05, 4.69) is 4.99 Å². The van der Waals surface area contributed by atoms with Gasteiger partial charge < -0.3 is 5.11 Å². The maximum absolute atomic E-state index is 11.7. The van der Waals surface area contributed by atoms with Gasteiger partial charge in [0.1, 0.15) is 0 Å². The lowest BCUT2D eigenvalue weighted by molar-refractivity contribution is -0.510. The molecule has 2 rings (SSSR count). The highest BCUT2D eigenvalue weighted by atomic mass is 16.6. The van der Waals surface area contributed by atoms with E-state index in [1.807, 2.05) is 0 Å². The number of rotatable bonds is 4. The Hall–Kier alpha value is -2.84. The van der Waals surface area contributed by atoms with Crippen LogP contribution in [0.3, 0.4) is 0 Å². The Labute approximate surface area is 131 Å². The molecule has 0 fully saturated rings. The first-order chi connectivity index (χ1) is 10.7. The molecule has 1 aliphatic heterocycles. The molecule has 0 radical (unpaired) electrons. The van der Waals surface area contributed by atoms with Crippen LogP contribution in [0.25, 0.3) is 0 Å². The van der Waals surface area contributed by atoms with Crippen molar-refractivity contribution in [2.24, 2.45) is 10.4 Å². The fourth-order valence-corrected chi connectivity index (χ4v) is 2.93. The number of nitro groups is 2. The quantitative estimate of drug-likeness (QED) is 0.664. The van der Waals surface area contributed by atoms with Crippen LogP contribution in [-0.2, 0) is 4.79 Å². The Balaban J connectivity index is 2.67. The van der Waals surface area contributed by atoms with E-state index in [1.54, 1.807) is 0 Å². The zero-order valence-electron chi connectivity index (χ0n) is 12.5. The molecule has 0 amide bonds. The van der Waals surface area contributed by atoms with Crippen LogP contribution in [0.4, 0.5) is 5.69 Å². The molecule has 1 aliphatic rings. The maximum Gasteiger partial charge on any atom is 0.312 e. The molecule has 0 aromatic heterocycles. The molecule has 0 saturated heterocycles. The van der Waals surface area contributed by atoms with Crippen LogP contribution in [0.2, 0.25) is 0 Å². The van der Waals surface area contributed by atoms with Gasteiger partial charge in [-0.3, -0.25) is 30.0 Å². The van der Waals surface area contributed by atoms with Crippen molar-refractivity contribution in [1.82, 2.24) is 0 Å². The largest absolute Gasteiger partial charge is 0.481 e. The fraction of sp³-hybridized carbons (Fsp3) is 0.429. The van der Waals surface area contributed by atoms with E-state index < -0.39 is 33.2 Å². The van der Waals surface area contributed by atoms with Crippen LogP contribution < -0.4 is 0 Å². The summed E-state index contributed by atoms with van der Waals surface area (Å²) in [7, 11) is 0. The highest BCUT2D eigenvalue weighted by Crippen LogP contribution is 2.44. The smallest absolute Gasteiger partial charge is 0.312 e. The van der Waals surface area contributed by atoms with Crippen molar-refractivity contribution in [3.63, 3.8) is 0 Å². The van der Waals surface area contributed by atoms with E-state index in [0.29, 0.717) is 0 Å². The minimum absolute atomic E-state index is 0.119. The zero-order valence-corrected chi connectivity index (χ0v) is 12.5. The van der Waals surface area contributed by atoms with Crippen LogP contribution in [0.1, 0.15) is 25.3 Å². The van der Waals surface area contributed by atoms with Crippen LogP contribution in [0.15, 0.2) is 29.3 Å². The van der Waals surface area contributed by atoms with E-state index in [1.165, 1.54) is 38.1 Å². The average molecular weight is 321 g/mol. The molecule has 0 saturated carbocycles. The third-order valence-corrected chi connectivity index (χ3v) is 4.24. The summed E-state index contributed by atoms with van der Waals surface area (Å²) in [5.41, 5.74) is -1.30. The number of benzene rings is 1. The van der Waals surface area contributed by atoms with Gasteiger partial charge >= 0.3 is 5.97 Å². The van der Waals surface area contributed by atoms with Gasteiger partial charge in [-0.1, -0.05) is 12.1 Å². The third-order valence-electron chi connectivity index (χ3n) is 4.24. The maximum atomic E-state index is 11.7. The summed E-state index contributed by atoms with van der Waals surface area (Å²) in [5, 5.41) is 32.0. The van der Waals surface area contributed by atoms with Gasteiger partial charge in [0.15, 0.2) is 0 Å². The van der Waals surface area contributed by atoms with Crippen molar-refractivity contribution in [2.75, 3.05) is 6.54 Å². The molecule has 23 heavy (non-hydrogen) atoms. The monoisotopic (exact) mass is 321 g/mol. The Morgan fingerprint density at radius 3 is 2.57 bits per heavy atom. The Morgan fingerprint density at radius 1 is 1.39 bits per heavy atom. The van der Waals surface area contributed by atoms with Gasteiger partial charge in [0.25, 0.3) is 11.7 Å². The first-order valence-electron chi connectivity index (χ1n) is 6.80. The minimum Gasteiger partial charge on any atom is -0.481 e. The molecule has 0 aliphatic carbocycles.